The first kappa shape index (κ1) is 38.1. The van der Waals surface area contributed by atoms with Gasteiger partial charge in [0.05, 0.1) is 11.3 Å². The number of carbonyl (C=O) groups excluding carboxylic acids is 6. The average molecular weight is 689 g/mol. The molecular formula is C38H52N6O6. The Bertz CT molecular complexity index is 1550. The normalized spacial score (nSPS) is 25.2. The number of likely N-dealkylation sites (N-methyl/N-ethyl adjacent to an activating group) is 1. The lowest BCUT2D eigenvalue weighted by Crippen LogP contribution is -2.59. The Balaban J connectivity index is 1.79. The lowest BCUT2D eigenvalue weighted by atomic mass is 9.96. The van der Waals surface area contributed by atoms with Gasteiger partial charge >= 0.3 is 0 Å². The maximum Gasteiger partial charge on any atom is 0.256 e. The van der Waals surface area contributed by atoms with Crippen molar-refractivity contribution in [3.63, 3.8) is 0 Å². The van der Waals surface area contributed by atoms with Crippen LogP contribution in [0.25, 0.3) is 0 Å². The molecule has 2 aromatic carbocycles. The maximum absolute atomic E-state index is 14.2. The topological polar surface area (TPSA) is 157 Å². The summed E-state index contributed by atoms with van der Waals surface area (Å²) in [6.07, 6.45) is 2.86. The van der Waals surface area contributed by atoms with Crippen LogP contribution in [0, 0.1) is 11.8 Å². The molecule has 2 aliphatic heterocycles. The second-order valence-corrected chi connectivity index (χ2v) is 14.0. The van der Waals surface area contributed by atoms with Crippen LogP contribution in [0.3, 0.4) is 0 Å². The van der Waals surface area contributed by atoms with Crippen LogP contribution in [-0.2, 0) is 30.4 Å². The fourth-order valence-electron chi connectivity index (χ4n) is 6.54. The highest BCUT2D eigenvalue weighted by molar-refractivity contribution is 6.07. The molecule has 2 aromatic rings. The standard InChI is InChI=1S/C38H52N6O6/c1-7-24(4)32-36(48)40-28-18-12-11-17-27(28)37(49)44-20-14-13-19-30(44)38(50)43(6)31(21-23(2)3)35(47)39-25(5)33(45)41-29(34(46)42-32)22-26-15-9-8-10-16-26/h8-12,15-18,23-25,29-32H,7,13-14,19-22H2,1-6H3,(H,39,47)(H,40,48)(H,41,45)(H,42,46)/t24-,25-,29?,30-,31-,32-/m0/s1. The number of nitrogens with one attached hydrogen (secondary N) is 4. The molecule has 270 valence electrons. The summed E-state index contributed by atoms with van der Waals surface area (Å²) in [6.45, 7) is 9.48. The van der Waals surface area contributed by atoms with E-state index < -0.39 is 59.7 Å². The van der Waals surface area contributed by atoms with Gasteiger partial charge in [-0.25, -0.2) is 0 Å². The minimum atomic E-state index is -1.08. The molecule has 2 heterocycles. The van der Waals surface area contributed by atoms with Crippen LogP contribution in [-0.4, -0.2) is 89.0 Å². The van der Waals surface area contributed by atoms with Gasteiger partial charge in [-0.15, -0.1) is 0 Å². The van der Waals surface area contributed by atoms with Gasteiger partial charge < -0.3 is 31.1 Å². The van der Waals surface area contributed by atoms with E-state index >= 15 is 0 Å². The highest BCUT2D eigenvalue weighted by atomic mass is 16.2. The lowest BCUT2D eigenvalue weighted by Gasteiger charge is -2.39. The number of rotatable bonds is 6. The molecule has 6 amide bonds. The Kier molecular flexibility index (Phi) is 13.1. The fourth-order valence-corrected chi connectivity index (χ4v) is 6.54. The molecule has 2 aliphatic rings. The van der Waals surface area contributed by atoms with E-state index in [1.807, 2.05) is 58.0 Å². The van der Waals surface area contributed by atoms with Crippen molar-refractivity contribution in [2.24, 2.45) is 11.8 Å². The van der Waals surface area contributed by atoms with Crippen molar-refractivity contribution in [2.45, 2.75) is 103 Å². The largest absolute Gasteiger partial charge is 0.343 e. The van der Waals surface area contributed by atoms with Crippen molar-refractivity contribution in [1.82, 2.24) is 25.8 Å². The summed E-state index contributed by atoms with van der Waals surface area (Å²) >= 11 is 0. The number of hydrogen-bond donors (Lipinski definition) is 4. The first-order chi connectivity index (χ1) is 23.8. The summed E-state index contributed by atoms with van der Waals surface area (Å²) in [7, 11) is 1.56. The third kappa shape index (κ3) is 9.28. The first-order valence-corrected chi connectivity index (χ1v) is 17.7. The Morgan fingerprint density at radius 1 is 0.800 bits per heavy atom. The van der Waals surface area contributed by atoms with Crippen molar-refractivity contribution >= 4 is 41.1 Å². The number of para-hydroxylation sites is 1. The summed E-state index contributed by atoms with van der Waals surface area (Å²) in [4.78, 5) is 86.6. The van der Waals surface area contributed by atoms with Gasteiger partial charge in [-0.1, -0.05) is 76.6 Å². The molecule has 50 heavy (non-hydrogen) atoms. The molecule has 0 spiro atoms. The van der Waals surface area contributed by atoms with Crippen molar-refractivity contribution in [2.75, 3.05) is 18.9 Å². The number of benzene rings is 2. The van der Waals surface area contributed by atoms with Crippen LogP contribution in [0.15, 0.2) is 54.6 Å². The Morgan fingerprint density at radius 3 is 2.16 bits per heavy atom. The zero-order valence-electron chi connectivity index (χ0n) is 30.0. The van der Waals surface area contributed by atoms with Crippen molar-refractivity contribution in [3.05, 3.63) is 65.7 Å². The molecule has 4 rings (SSSR count). The number of piperidine rings is 1. The zero-order chi connectivity index (χ0) is 36.5. The van der Waals surface area contributed by atoms with Gasteiger partial charge in [0.1, 0.15) is 30.2 Å². The first-order valence-electron chi connectivity index (χ1n) is 17.7. The second-order valence-electron chi connectivity index (χ2n) is 14.0. The van der Waals surface area contributed by atoms with Gasteiger partial charge in [0.25, 0.3) is 5.91 Å². The average Bonchev–Trinajstić information content (AvgIpc) is 3.11. The quantitative estimate of drug-likeness (QED) is 0.365. The van der Waals surface area contributed by atoms with Crippen LogP contribution in [0.5, 0.6) is 0 Å². The molecular weight excluding hydrogens is 636 g/mol. The smallest absolute Gasteiger partial charge is 0.256 e. The van der Waals surface area contributed by atoms with Gasteiger partial charge in [0.15, 0.2) is 0 Å². The van der Waals surface area contributed by atoms with E-state index in [1.165, 1.54) is 16.7 Å². The highest BCUT2D eigenvalue weighted by Crippen LogP contribution is 2.26. The predicted molar refractivity (Wildman–Crippen MR) is 191 cm³/mol. The van der Waals surface area contributed by atoms with Gasteiger partial charge in [-0.2, -0.15) is 0 Å². The molecule has 0 bridgehead atoms. The minimum absolute atomic E-state index is 0.0312. The Morgan fingerprint density at radius 2 is 1.48 bits per heavy atom. The maximum atomic E-state index is 14.2. The number of fused-ring (bicyclic) bond motifs is 2. The van der Waals surface area contributed by atoms with Gasteiger partial charge in [0.2, 0.25) is 29.5 Å². The van der Waals surface area contributed by atoms with E-state index in [-0.39, 0.29) is 35.4 Å². The number of amides is 6. The van der Waals surface area contributed by atoms with Crippen LogP contribution in [0.1, 0.15) is 82.6 Å². The third-order valence-corrected chi connectivity index (χ3v) is 9.74. The molecule has 12 nitrogen and oxygen atoms in total. The minimum Gasteiger partial charge on any atom is -0.343 e. The molecule has 0 aliphatic carbocycles. The van der Waals surface area contributed by atoms with E-state index in [0.29, 0.717) is 32.2 Å². The molecule has 1 saturated heterocycles. The molecule has 0 aromatic heterocycles. The highest BCUT2D eigenvalue weighted by Gasteiger charge is 2.40. The van der Waals surface area contributed by atoms with Crippen molar-refractivity contribution in [3.8, 4) is 0 Å². The van der Waals surface area contributed by atoms with E-state index in [0.717, 1.165) is 12.0 Å². The molecule has 0 saturated carbocycles. The summed E-state index contributed by atoms with van der Waals surface area (Å²) in [5, 5.41) is 11.3. The number of carbonyl (C=O) groups is 6. The van der Waals surface area contributed by atoms with E-state index in [9.17, 15) is 28.8 Å². The zero-order valence-corrected chi connectivity index (χ0v) is 30.0. The van der Waals surface area contributed by atoms with Crippen LogP contribution in [0.4, 0.5) is 5.69 Å². The summed E-state index contributed by atoms with van der Waals surface area (Å²) in [6, 6.07) is 10.9. The summed E-state index contributed by atoms with van der Waals surface area (Å²) in [5.74, 6) is -3.24. The summed E-state index contributed by atoms with van der Waals surface area (Å²) < 4.78 is 0. The summed E-state index contributed by atoms with van der Waals surface area (Å²) in [5.41, 5.74) is 1.26. The molecule has 1 unspecified atom stereocenters. The van der Waals surface area contributed by atoms with Crippen molar-refractivity contribution in [1.29, 1.82) is 0 Å². The predicted octanol–water partition coefficient (Wildman–Crippen LogP) is 3.27. The molecule has 4 N–H and O–H groups in total. The number of nitrogens with zero attached hydrogens (tertiary/aromatic N) is 2. The van der Waals surface area contributed by atoms with Gasteiger partial charge in [0, 0.05) is 20.0 Å². The molecule has 1 fully saturated rings. The lowest BCUT2D eigenvalue weighted by molar-refractivity contribution is -0.144. The van der Waals surface area contributed by atoms with E-state index in [1.54, 1.807) is 31.3 Å². The fraction of sp³-hybridized carbons (Fsp3) is 0.526. The Hall–Kier alpha value is -4.74. The molecule has 6 atom stereocenters. The monoisotopic (exact) mass is 688 g/mol. The molecule has 0 radical (unpaired) electrons. The van der Waals surface area contributed by atoms with Crippen molar-refractivity contribution < 1.29 is 28.8 Å². The van der Waals surface area contributed by atoms with E-state index in [4.69, 9.17) is 0 Å². The van der Waals surface area contributed by atoms with Gasteiger partial charge in [-0.05, 0) is 62.1 Å². The third-order valence-electron chi connectivity index (χ3n) is 9.74. The SMILES string of the molecule is CC[C@H](C)[C@@H]1NC(=O)C(Cc2ccccc2)NC(=O)[C@H](C)NC(=O)[C@H](CC(C)C)N(C)C(=O)[C@@H]2CCCCN2C(=O)c2ccccc2NC1=O. The van der Waals surface area contributed by atoms with Gasteiger partial charge in [-0.3, -0.25) is 28.8 Å². The number of anilines is 1. The van der Waals surface area contributed by atoms with Crippen LogP contribution < -0.4 is 21.3 Å². The second kappa shape index (κ2) is 17.3. The van der Waals surface area contributed by atoms with E-state index in [2.05, 4.69) is 21.3 Å². The van der Waals surface area contributed by atoms with Crippen LogP contribution in [0.2, 0.25) is 0 Å². The van der Waals surface area contributed by atoms with Crippen LogP contribution >= 0.6 is 0 Å². The Labute approximate surface area is 295 Å². The molecule has 12 heteroatoms. The number of hydrogen-bond acceptors (Lipinski definition) is 6.